The summed E-state index contributed by atoms with van der Waals surface area (Å²) in [6, 6.07) is 4.63. The Morgan fingerprint density at radius 3 is 2.75 bits per heavy atom. The molecule has 0 aromatic heterocycles. The molecule has 1 aromatic carbocycles. The van der Waals surface area contributed by atoms with Crippen molar-refractivity contribution in [2.75, 3.05) is 13.1 Å². The van der Waals surface area contributed by atoms with E-state index in [1.165, 1.54) is 6.07 Å². The van der Waals surface area contributed by atoms with E-state index < -0.39 is 0 Å². The highest BCUT2D eigenvalue weighted by Gasteiger charge is 2.13. The van der Waals surface area contributed by atoms with Gasteiger partial charge in [0, 0.05) is 17.6 Å². The summed E-state index contributed by atoms with van der Waals surface area (Å²) in [7, 11) is 0. The third kappa shape index (κ3) is 4.94. The van der Waals surface area contributed by atoms with E-state index in [0.29, 0.717) is 16.5 Å². The zero-order valence-corrected chi connectivity index (χ0v) is 12.9. The first-order valence-electron chi connectivity index (χ1n) is 6.80. The van der Waals surface area contributed by atoms with Crippen molar-refractivity contribution in [2.45, 2.75) is 27.2 Å². The second kappa shape index (κ2) is 8.02. The molecule has 0 amide bonds. The fraction of sp³-hybridized carbons (Fsp3) is 0.467. The first-order chi connectivity index (χ1) is 9.45. The van der Waals surface area contributed by atoms with Gasteiger partial charge in [-0.3, -0.25) is 10.1 Å². The predicted octanol–water partition coefficient (Wildman–Crippen LogP) is 4.29. The number of benzene rings is 1. The Kier molecular flexibility index (Phi) is 6.68. The summed E-state index contributed by atoms with van der Waals surface area (Å²) in [5.74, 6) is 0.318. The molecular formula is C15H21ClN2O2. The standard InChI is InChI=1S/C15H21ClN2O2/c1-4-7-17-10-13(11(2)3)8-12-9-14(16)5-6-15(12)18(19)20/h5-6,8-9,11,17H,4,7,10H2,1-3H3/b13-8-. The molecule has 0 bridgehead atoms. The number of nitrogens with zero attached hydrogens (tertiary/aromatic N) is 1. The van der Waals surface area contributed by atoms with Crippen LogP contribution in [0.15, 0.2) is 23.8 Å². The molecule has 110 valence electrons. The van der Waals surface area contributed by atoms with Crippen molar-refractivity contribution in [1.82, 2.24) is 5.32 Å². The lowest BCUT2D eigenvalue weighted by Gasteiger charge is -2.13. The Bertz CT molecular complexity index is 499. The summed E-state index contributed by atoms with van der Waals surface area (Å²) >= 11 is 5.94. The zero-order valence-electron chi connectivity index (χ0n) is 12.1. The summed E-state index contributed by atoms with van der Waals surface area (Å²) in [6.07, 6.45) is 2.93. The molecule has 1 N–H and O–H groups in total. The molecule has 1 rings (SSSR count). The number of halogens is 1. The molecule has 0 radical (unpaired) electrons. The Morgan fingerprint density at radius 1 is 1.50 bits per heavy atom. The number of nitrogens with one attached hydrogen (secondary N) is 1. The number of nitro benzene ring substituents is 1. The van der Waals surface area contributed by atoms with Gasteiger partial charge in [-0.2, -0.15) is 0 Å². The van der Waals surface area contributed by atoms with E-state index in [9.17, 15) is 10.1 Å². The molecular weight excluding hydrogens is 276 g/mol. The van der Waals surface area contributed by atoms with E-state index >= 15 is 0 Å². The monoisotopic (exact) mass is 296 g/mol. The average molecular weight is 297 g/mol. The summed E-state index contributed by atoms with van der Waals surface area (Å²) < 4.78 is 0. The number of rotatable bonds is 7. The third-order valence-corrected chi connectivity index (χ3v) is 3.26. The second-order valence-corrected chi connectivity index (χ2v) is 5.45. The number of nitro groups is 1. The van der Waals surface area contributed by atoms with Crippen LogP contribution in [0, 0.1) is 16.0 Å². The smallest absolute Gasteiger partial charge is 0.276 e. The van der Waals surface area contributed by atoms with Crippen LogP contribution < -0.4 is 5.32 Å². The van der Waals surface area contributed by atoms with Crippen molar-refractivity contribution in [1.29, 1.82) is 0 Å². The van der Waals surface area contributed by atoms with Gasteiger partial charge in [-0.1, -0.05) is 37.9 Å². The maximum atomic E-state index is 11.1. The van der Waals surface area contributed by atoms with Gasteiger partial charge in [0.1, 0.15) is 0 Å². The van der Waals surface area contributed by atoms with Crippen molar-refractivity contribution in [3.8, 4) is 0 Å². The van der Waals surface area contributed by atoms with Gasteiger partial charge in [0.2, 0.25) is 0 Å². The fourth-order valence-corrected chi connectivity index (χ4v) is 2.02. The molecule has 0 spiro atoms. The van der Waals surface area contributed by atoms with Crippen LogP contribution >= 0.6 is 11.6 Å². The molecule has 0 aliphatic heterocycles. The van der Waals surface area contributed by atoms with Gasteiger partial charge in [-0.25, -0.2) is 0 Å². The van der Waals surface area contributed by atoms with Crippen molar-refractivity contribution < 1.29 is 4.92 Å². The van der Waals surface area contributed by atoms with Gasteiger partial charge in [-0.15, -0.1) is 0 Å². The zero-order chi connectivity index (χ0) is 15.1. The van der Waals surface area contributed by atoms with Gasteiger partial charge in [0.15, 0.2) is 0 Å². The SMILES string of the molecule is CCCNC/C(=C/c1cc(Cl)ccc1[N+](=O)[O-])C(C)C. The molecule has 0 atom stereocenters. The van der Waals surface area contributed by atoms with Crippen molar-refractivity contribution >= 4 is 23.4 Å². The summed E-state index contributed by atoms with van der Waals surface area (Å²) in [5.41, 5.74) is 1.77. The molecule has 0 heterocycles. The Hall–Kier alpha value is -1.39. The summed E-state index contributed by atoms with van der Waals surface area (Å²) in [6.45, 7) is 7.93. The van der Waals surface area contributed by atoms with E-state index in [1.807, 2.05) is 6.08 Å². The van der Waals surface area contributed by atoms with Gasteiger partial charge in [0.25, 0.3) is 5.69 Å². The van der Waals surface area contributed by atoms with Crippen LogP contribution in [0.2, 0.25) is 5.02 Å². The summed E-state index contributed by atoms with van der Waals surface area (Å²) in [4.78, 5) is 10.7. The minimum absolute atomic E-state index is 0.0861. The maximum Gasteiger partial charge on any atom is 0.276 e. The molecule has 1 aromatic rings. The van der Waals surface area contributed by atoms with Crippen LogP contribution in [0.3, 0.4) is 0 Å². The highest BCUT2D eigenvalue weighted by Crippen LogP contribution is 2.26. The molecule has 0 aliphatic carbocycles. The fourth-order valence-electron chi connectivity index (χ4n) is 1.84. The predicted molar refractivity (Wildman–Crippen MR) is 84.1 cm³/mol. The highest BCUT2D eigenvalue weighted by molar-refractivity contribution is 6.30. The minimum atomic E-state index is -0.375. The van der Waals surface area contributed by atoms with Crippen molar-refractivity contribution in [2.24, 2.45) is 5.92 Å². The highest BCUT2D eigenvalue weighted by atomic mass is 35.5. The third-order valence-electron chi connectivity index (χ3n) is 3.02. The van der Waals surface area contributed by atoms with Gasteiger partial charge in [-0.05, 0) is 37.1 Å². The molecule has 0 saturated carbocycles. The number of hydrogen-bond acceptors (Lipinski definition) is 3. The molecule has 4 nitrogen and oxygen atoms in total. The van der Waals surface area contributed by atoms with Crippen LogP contribution in [-0.2, 0) is 0 Å². The first-order valence-corrected chi connectivity index (χ1v) is 7.18. The maximum absolute atomic E-state index is 11.1. The molecule has 0 unspecified atom stereocenters. The summed E-state index contributed by atoms with van der Waals surface area (Å²) in [5, 5.41) is 14.9. The Morgan fingerprint density at radius 2 is 2.20 bits per heavy atom. The van der Waals surface area contributed by atoms with E-state index in [1.54, 1.807) is 12.1 Å². The Labute approximate surface area is 125 Å². The van der Waals surface area contributed by atoms with Crippen LogP contribution in [0.5, 0.6) is 0 Å². The van der Waals surface area contributed by atoms with Crippen molar-refractivity contribution in [3.05, 3.63) is 44.5 Å². The van der Waals surface area contributed by atoms with Gasteiger partial charge >= 0.3 is 0 Å². The van der Waals surface area contributed by atoms with E-state index in [0.717, 1.165) is 25.1 Å². The van der Waals surface area contributed by atoms with Gasteiger partial charge in [0.05, 0.1) is 10.5 Å². The van der Waals surface area contributed by atoms with Crippen LogP contribution in [0.4, 0.5) is 5.69 Å². The molecule has 20 heavy (non-hydrogen) atoms. The van der Waals surface area contributed by atoms with E-state index in [-0.39, 0.29) is 10.6 Å². The normalized spacial score (nSPS) is 11.9. The molecule has 0 saturated heterocycles. The van der Waals surface area contributed by atoms with Crippen LogP contribution in [0.25, 0.3) is 6.08 Å². The van der Waals surface area contributed by atoms with Crippen LogP contribution in [-0.4, -0.2) is 18.0 Å². The largest absolute Gasteiger partial charge is 0.313 e. The minimum Gasteiger partial charge on any atom is -0.313 e. The lowest BCUT2D eigenvalue weighted by Crippen LogP contribution is -2.20. The van der Waals surface area contributed by atoms with Gasteiger partial charge < -0.3 is 5.32 Å². The molecule has 5 heteroatoms. The number of hydrogen-bond donors (Lipinski definition) is 1. The lowest BCUT2D eigenvalue weighted by molar-refractivity contribution is -0.385. The second-order valence-electron chi connectivity index (χ2n) is 5.01. The molecule has 0 aliphatic rings. The quantitative estimate of drug-likeness (QED) is 0.464. The lowest BCUT2D eigenvalue weighted by atomic mass is 9.99. The topological polar surface area (TPSA) is 55.2 Å². The first kappa shape index (κ1) is 16.7. The van der Waals surface area contributed by atoms with E-state index in [4.69, 9.17) is 11.6 Å². The Balaban J connectivity index is 3.09. The van der Waals surface area contributed by atoms with Crippen molar-refractivity contribution in [3.63, 3.8) is 0 Å². The molecule has 0 fully saturated rings. The average Bonchev–Trinajstić information content (AvgIpc) is 2.37. The van der Waals surface area contributed by atoms with E-state index in [2.05, 4.69) is 26.1 Å². The van der Waals surface area contributed by atoms with Crippen LogP contribution in [0.1, 0.15) is 32.8 Å².